The first kappa shape index (κ1) is 12.7. The number of nitrogens with zero attached hydrogens (tertiary/aromatic N) is 3. The first-order valence-corrected chi connectivity index (χ1v) is 6.93. The molecule has 0 spiro atoms. The molecule has 0 unspecified atom stereocenters. The molecule has 0 aliphatic carbocycles. The Hall–Kier alpha value is -2.30. The third-order valence-corrected chi connectivity index (χ3v) is 3.55. The Bertz CT molecular complexity index is 605. The Balaban J connectivity index is 1.85. The van der Waals surface area contributed by atoms with Crippen molar-refractivity contribution in [2.75, 3.05) is 29.5 Å². The third-order valence-electron chi connectivity index (χ3n) is 3.55. The molecule has 4 N–H and O–H groups in total. The average Bonchev–Trinajstić information content (AvgIpc) is 2.91. The number of benzene rings is 1. The summed E-state index contributed by atoms with van der Waals surface area (Å²) in [6.45, 7) is 2.10. The summed E-state index contributed by atoms with van der Waals surface area (Å²) >= 11 is 0. The zero-order valence-corrected chi connectivity index (χ0v) is 11.4. The van der Waals surface area contributed by atoms with Gasteiger partial charge in [-0.3, -0.25) is 0 Å². The lowest BCUT2D eigenvalue weighted by Crippen LogP contribution is -2.20. The summed E-state index contributed by atoms with van der Waals surface area (Å²) < 4.78 is 0. The molecular weight excluding hydrogens is 250 g/mol. The molecule has 1 fully saturated rings. The maximum Gasteiger partial charge on any atom is 0.222 e. The quantitative estimate of drug-likeness (QED) is 0.831. The molecule has 3 rings (SSSR count). The summed E-state index contributed by atoms with van der Waals surface area (Å²) in [5.74, 6) is 1.28. The van der Waals surface area contributed by atoms with Crippen molar-refractivity contribution in [3.05, 3.63) is 41.6 Å². The van der Waals surface area contributed by atoms with Crippen LogP contribution in [-0.2, 0) is 6.42 Å². The second kappa shape index (κ2) is 5.36. The Morgan fingerprint density at radius 3 is 2.60 bits per heavy atom. The van der Waals surface area contributed by atoms with Crippen LogP contribution >= 0.6 is 0 Å². The number of nitrogen functional groups attached to an aromatic ring is 2. The number of anilines is 3. The number of hydrogen-bond donors (Lipinski definition) is 2. The van der Waals surface area contributed by atoms with Gasteiger partial charge in [0, 0.05) is 31.3 Å². The molecule has 1 aromatic carbocycles. The first-order valence-electron chi connectivity index (χ1n) is 6.93. The lowest BCUT2D eigenvalue weighted by atomic mass is 10.1. The van der Waals surface area contributed by atoms with Crippen molar-refractivity contribution in [2.24, 2.45) is 0 Å². The Morgan fingerprint density at radius 1 is 1.05 bits per heavy atom. The van der Waals surface area contributed by atoms with Gasteiger partial charge >= 0.3 is 0 Å². The molecule has 1 aromatic heterocycles. The lowest BCUT2D eigenvalue weighted by molar-refractivity contribution is 0.917. The van der Waals surface area contributed by atoms with E-state index in [2.05, 4.69) is 14.9 Å². The Kier molecular flexibility index (Phi) is 3.41. The highest BCUT2D eigenvalue weighted by Gasteiger charge is 2.15. The van der Waals surface area contributed by atoms with E-state index in [1.807, 2.05) is 30.3 Å². The zero-order valence-electron chi connectivity index (χ0n) is 11.4. The van der Waals surface area contributed by atoms with Gasteiger partial charge in [-0.2, -0.15) is 4.98 Å². The van der Waals surface area contributed by atoms with Gasteiger partial charge in [0.1, 0.15) is 5.82 Å². The molecule has 1 saturated heterocycles. The largest absolute Gasteiger partial charge is 0.399 e. The van der Waals surface area contributed by atoms with Crippen molar-refractivity contribution >= 4 is 17.5 Å². The summed E-state index contributed by atoms with van der Waals surface area (Å²) in [7, 11) is 0. The molecule has 5 heteroatoms. The molecule has 5 nitrogen and oxygen atoms in total. The van der Waals surface area contributed by atoms with Crippen molar-refractivity contribution in [1.29, 1.82) is 0 Å². The Morgan fingerprint density at radius 2 is 1.85 bits per heavy atom. The molecule has 0 atom stereocenters. The summed E-state index contributed by atoms with van der Waals surface area (Å²) in [6.07, 6.45) is 3.15. The fourth-order valence-electron chi connectivity index (χ4n) is 2.61. The van der Waals surface area contributed by atoms with Gasteiger partial charge < -0.3 is 16.4 Å². The molecule has 20 heavy (non-hydrogen) atoms. The summed E-state index contributed by atoms with van der Waals surface area (Å²) in [5.41, 5.74) is 14.5. The topological polar surface area (TPSA) is 81.1 Å². The van der Waals surface area contributed by atoms with Gasteiger partial charge in [0.15, 0.2) is 0 Å². The fraction of sp³-hybridized carbons (Fsp3) is 0.333. The van der Waals surface area contributed by atoms with Crippen LogP contribution in [0, 0.1) is 0 Å². The fourth-order valence-corrected chi connectivity index (χ4v) is 2.61. The van der Waals surface area contributed by atoms with Gasteiger partial charge in [0.05, 0.1) is 5.69 Å². The second-order valence-corrected chi connectivity index (χ2v) is 5.19. The molecule has 2 aromatic rings. The average molecular weight is 269 g/mol. The number of rotatable bonds is 3. The smallest absolute Gasteiger partial charge is 0.222 e. The number of aromatic nitrogens is 2. The van der Waals surface area contributed by atoms with Crippen LogP contribution < -0.4 is 16.4 Å². The molecule has 104 valence electrons. The molecule has 1 aliphatic rings. The van der Waals surface area contributed by atoms with Crippen LogP contribution in [-0.4, -0.2) is 23.1 Å². The second-order valence-electron chi connectivity index (χ2n) is 5.19. The molecule has 0 bridgehead atoms. The van der Waals surface area contributed by atoms with Gasteiger partial charge in [0.2, 0.25) is 5.95 Å². The van der Waals surface area contributed by atoms with Crippen LogP contribution in [0.2, 0.25) is 0 Å². The molecule has 0 amide bonds. The van der Waals surface area contributed by atoms with E-state index < -0.39 is 0 Å². The van der Waals surface area contributed by atoms with Crippen LogP contribution in [0.15, 0.2) is 30.3 Å². The standard InChI is InChI=1S/C15H19N5/c16-12-5-3-4-11(8-12)9-13-10-14(19-15(17)18-13)20-6-1-2-7-20/h3-5,8,10H,1-2,6-7,9,16H2,(H2,17,18,19). The van der Waals surface area contributed by atoms with Crippen molar-refractivity contribution in [2.45, 2.75) is 19.3 Å². The van der Waals surface area contributed by atoms with Crippen LogP contribution in [0.1, 0.15) is 24.1 Å². The molecule has 0 saturated carbocycles. The van der Waals surface area contributed by atoms with Gasteiger partial charge in [-0.1, -0.05) is 12.1 Å². The van der Waals surface area contributed by atoms with Crippen molar-refractivity contribution < 1.29 is 0 Å². The Labute approximate surface area is 118 Å². The van der Waals surface area contributed by atoms with Gasteiger partial charge in [0.25, 0.3) is 0 Å². The minimum atomic E-state index is 0.341. The SMILES string of the molecule is Nc1cccc(Cc2cc(N3CCCC3)nc(N)n2)c1. The van der Waals surface area contributed by atoms with E-state index in [-0.39, 0.29) is 0 Å². The van der Waals surface area contributed by atoms with Gasteiger partial charge in [-0.15, -0.1) is 0 Å². The summed E-state index contributed by atoms with van der Waals surface area (Å²) in [6, 6.07) is 9.88. The molecule has 2 heterocycles. The maximum absolute atomic E-state index is 5.84. The highest BCUT2D eigenvalue weighted by Crippen LogP contribution is 2.21. The van der Waals surface area contributed by atoms with E-state index in [1.54, 1.807) is 0 Å². The van der Waals surface area contributed by atoms with Gasteiger partial charge in [-0.25, -0.2) is 4.98 Å². The van der Waals surface area contributed by atoms with E-state index in [4.69, 9.17) is 11.5 Å². The van der Waals surface area contributed by atoms with Crippen LogP contribution in [0.3, 0.4) is 0 Å². The van der Waals surface area contributed by atoms with Crippen molar-refractivity contribution in [3.8, 4) is 0 Å². The lowest BCUT2D eigenvalue weighted by Gasteiger charge is -2.17. The van der Waals surface area contributed by atoms with Gasteiger partial charge in [-0.05, 0) is 30.5 Å². The van der Waals surface area contributed by atoms with E-state index in [0.717, 1.165) is 42.3 Å². The van der Waals surface area contributed by atoms with E-state index in [0.29, 0.717) is 5.95 Å². The predicted molar refractivity (Wildman–Crippen MR) is 81.6 cm³/mol. The van der Waals surface area contributed by atoms with E-state index in [1.165, 1.54) is 12.8 Å². The normalized spacial score (nSPS) is 14.7. The van der Waals surface area contributed by atoms with E-state index >= 15 is 0 Å². The van der Waals surface area contributed by atoms with Crippen LogP contribution in [0.4, 0.5) is 17.5 Å². The minimum Gasteiger partial charge on any atom is -0.399 e. The monoisotopic (exact) mass is 269 g/mol. The predicted octanol–water partition coefficient (Wildman–Crippen LogP) is 1.83. The van der Waals surface area contributed by atoms with Crippen molar-refractivity contribution in [3.63, 3.8) is 0 Å². The maximum atomic E-state index is 5.84. The van der Waals surface area contributed by atoms with Crippen molar-refractivity contribution in [1.82, 2.24) is 9.97 Å². The number of hydrogen-bond acceptors (Lipinski definition) is 5. The molecular formula is C15H19N5. The summed E-state index contributed by atoms with van der Waals surface area (Å²) in [5, 5.41) is 0. The van der Waals surface area contributed by atoms with Crippen LogP contribution in [0.5, 0.6) is 0 Å². The first-order chi connectivity index (χ1) is 9.70. The van der Waals surface area contributed by atoms with Crippen LogP contribution in [0.25, 0.3) is 0 Å². The zero-order chi connectivity index (χ0) is 13.9. The highest BCUT2D eigenvalue weighted by atomic mass is 15.2. The number of nitrogens with two attached hydrogens (primary N) is 2. The van der Waals surface area contributed by atoms with E-state index in [9.17, 15) is 0 Å². The highest BCUT2D eigenvalue weighted by molar-refractivity contribution is 5.46. The molecule has 0 radical (unpaired) electrons. The summed E-state index contributed by atoms with van der Waals surface area (Å²) in [4.78, 5) is 10.9. The molecule has 1 aliphatic heterocycles. The minimum absolute atomic E-state index is 0.341. The third kappa shape index (κ3) is 2.82.